The fourth-order valence-corrected chi connectivity index (χ4v) is 4.46. The smallest absolute Gasteiger partial charge is 0.0531 e. The van der Waals surface area contributed by atoms with Gasteiger partial charge in [0.15, 0.2) is 0 Å². The average molecular weight is 312 g/mol. The molecule has 0 saturated carbocycles. The largest absolute Gasteiger partial charge is 0.354 e. The van der Waals surface area contributed by atoms with Crippen LogP contribution in [-0.4, -0.2) is 9.55 Å². The summed E-state index contributed by atoms with van der Waals surface area (Å²) in [6.07, 6.45) is 0. The van der Waals surface area contributed by atoms with Crippen LogP contribution in [0.2, 0.25) is 0 Å². The molecule has 2 aromatic heterocycles. The van der Waals surface area contributed by atoms with Crippen molar-refractivity contribution in [3.05, 3.63) is 59.7 Å². The van der Waals surface area contributed by atoms with Crippen molar-refractivity contribution in [1.29, 1.82) is 0 Å². The second kappa shape index (κ2) is 4.64. The number of hydrogen-bond donors (Lipinski definition) is 1. The Kier molecular flexibility index (Phi) is 2.64. The molecule has 0 amide bonds. The van der Waals surface area contributed by atoms with Crippen LogP contribution in [0.1, 0.15) is 18.1 Å². The number of fused-ring (bicyclic) bond motifs is 6. The van der Waals surface area contributed by atoms with Gasteiger partial charge >= 0.3 is 0 Å². The molecule has 0 aliphatic carbocycles. The molecular weight excluding hydrogens is 292 g/mol. The summed E-state index contributed by atoms with van der Waals surface area (Å²) in [5.41, 5.74) is 7.94. The van der Waals surface area contributed by atoms with Crippen molar-refractivity contribution in [2.75, 3.05) is 0 Å². The van der Waals surface area contributed by atoms with Gasteiger partial charge < -0.3 is 9.55 Å². The summed E-state index contributed by atoms with van der Waals surface area (Å²) >= 11 is 0. The number of hydrogen-bond acceptors (Lipinski definition) is 0. The standard InChI is InChI=1S/C22H20N2/c1-4-24-18-12-8-6-10-16(18)20-13(2)21-19(14(3)22(20)24)15-9-5-7-11-17(15)23-21/h5-12,23H,4H2,1-3H3. The maximum Gasteiger partial charge on any atom is 0.0531 e. The third kappa shape index (κ3) is 1.51. The number of nitrogens with zero attached hydrogens (tertiary/aromatic N) is 1. The van der Waals surface area contributed by atoms with Gasteiger partial charge in [-0.25, -0.2) is 0 Å². The van der Waals surface area contributed by atoms with Gasteiger partial charge in [-0.05, 0) is 44.0 Å². The predicted molar refractivity (Wildman–Crippen MR) is 104 cm³/mol. The molecule has 2 nitrogen and oxygen atoms in total. The zero-order chi connectivity index (χ0) is 16.4. The Morgan fingerprint density at radius 1 is 0.833 bits per heavy atom. The molecule has 0 unspecified atom stereocenters. The van der Waals surface area contributed by atoms with E-state index in [9.17, 15) is 0 Å². The second-order valence-corrected chi connectivity index (χ2v) is 6.66. The van der Waals surface area contributed by atoms with Gasteiger partial charge in [-0.2, -0.15) is 0 Å². The summed E-state index contributed by atoms with van der Waals surface area (Å²) in [5, 5.41) is 5.44. The number of benzene rings is 3. The van der Waals surface area contributed by atoms with E-state index < -0.39 is 0 Å². The minimum Gasteiger partial charge on any atom is -0.354 e. The maximum atomic E-state index is 3.66. The summed E-state index contributed by atoms with van der Waals surface area (Å²) in [6, 6.07) is 17.4. The molecule has 1 N–H and O–H groups in total. The number of para-hydroxylation sites is 2. The molecule has 118 valence electrons. The van der Waals surface area contributed by atoms with Crippen LogP contribution in [0.4, 0.5) is 0 Å². The highest BCUT2D eigenvalue weighted by atomic mass is 15.0. The first-order valence-electron chi connectivity index (χ1n) is 8.63. The number of aryl methyl sites for hydroxylation is 3. The van der Waals surface area contributed by atoms with Gasteiger partial charge in [0.2, 0.25) is 0 Å². The Hall–Kier alpha value is -2.74. The van der Waals surface area contributed by atoms with E-state index in [-0.39, 0.29) is 0 Å². The van der Waals surface area contributed by atoms with Gasteiger partial charge in [-0.1, -0.05) is 36.4 Å². The van der Waals surface area contributed by atoms with E-state index in [1.165, 1.54) is 54.7 Å². The molecular formula is C22H20N2. The van der Waals surface area contributed by atoms with Crippen LogP contribution >= 0.6 is 0 Å². The Morgan fingerprint density at radius 2 is 1.54 bits per heavy atom. The lowest BCUT2D eigenvalue weighted by Gasteiger charge is -2.09. The SMILES string of the molecule is CCn1c2ccccc2c2c(C)c3[nH]c4ccccc4c3c(C)c21. The van der Waals surface area contributed by atoms with Crippen LogP contribution in [0.15, 0.2) is 48.5 Å². The summed E-state index contributed by atoms with van der Waals surface area (Å²) in [6.45, 7) is 7.75. The Balaban J connectivity index is 2.17. The number of aromatic nitrogens is 2. The van der Waals surface area contributed by atoms with Crippen molar-refractivity contribution in [2.24, 2.45) is 0 Å². The van der Waals surface area contributed by atoms with E-state index in [2.05, 4.69) is 78.9 Å². The minimum absolute atomic E-state index is 0.984. The summed E-state index contributed by atoms with van der Waals surface area (Å²) in [4.78, 5) is 3.66. The van der Waals surface area contributed by atoms with Gasteiger partial charge in [-0.3, -0.25) is 0 Å². The van der Waals surface area contributed by atoms with E-state index in [0.29, 0.717) is 0 Å². The first kappa shape index (κ1) is 13.7. The lowest BCUT2D eigenvalue weighted by Crippen LogP contribution is -1.96. The van der Waals surface area contributed by atoms with Crippen LogP contribution in [0.25, 0.3) is 43.6 Å². The third-order valence-electron chi connectivity index (χ3n) is 5.47. The highest BCUT2D eigenvalue weighted by molar-refractivity contribution is 6.21. The molecule has 0 bridgehead atoms. The molecule has 0 radical (unpaired) electrons. The molecule has 0 aliphatic rings. The fourth-order valence-electron chi connectivity index (χ4n) is 4.46. The van der Waals surface area contributed by atoms with Gasteiger partial charge in [0.1, 0.15) is 0 Å². The van der Waals surface area contributed by atoms with Gasteiger partial charge in [0.25, 0.3) is 0 Å². The maximum absolute atomic E-state index is 3.66. The summed E-state index contributed by atoms with van der Waals surface area (Å²) in [5.74, 6) is 0. The molecule has 3 aromatic carbocycles. The van der Waals surface area contributed by atoms with Gasteiger partial charge in [0.05, 0.1) is 11.0 Å². The number of nitrogens with one attached hydrogen (secondary N) is 1. The topological polar surface area (TPSA) is 20.7 Å². The number of aromatic amines is 1. The fraction of sp³-hybridized carbons (Fsp3) is 0.182. The van der Waals surface area contributed by atoms with Gasteiger partial charge in [0, 0.05) is 39.1 Å². The van der Waals surface area contributed by atoms with E-state index in [4.69, 9.17) is 0 Å². The molecule has 0 spiro atoms. The van der Waals surface area contributed by atoms with Crippen molar-refractivity contribution in [1.82, 2.24) is 9.55 Å². The lowest BCUT2D eigenvalue weighted by molar-refractivity contribution is 0.825. The lowest BCUT2D eigenvalue weighted by atomic mass is 9.98. The molecule has 5 rings (SSSR count). The van der Waals surface area contributed by atoms with E-state index in [0.717, 1.165) is 6.54 Å². The predicted octanol–water partition coefficient (Wildman–Crippen LogP) is 6.07. The molecule has 0 atom stereocenters. The number of H-pyrrole nitrogens is 1. The van der Waals surface area contributed by atoms with Crippen LogP contribution in [0.3, 0.4) is 0 Å². The first-order valence-corrected chi connectivity index (χ1v) is 8.63. The molecule has 0 saturated heterocycles. The summed E-state index contributed by atoms with van der Waals surface area (Å²) < 4.78 is 2.47. The Labute approximate surface area is 140 Å². The zero-order valence-corrected chi connectivity index (χ0v) is 14.3. The first-order chi connectivity index (χ1) is 11.7. The molecule has 2 heterocycles. The van der Waals surface area contributed by atoms with Crippen LogP contribution < -0.4 is 0 Å². The van der Waals surface area contributed by atoms with Crippen LogP contribution in [0, 0.1) is 13.8 Å². The van der Waals surface area contributed by atoms with Crippen molar-refractivity contribution in [2.45, 2.75) is 27.3 Å². The van der Waals surface area contributed by atoms with Crippen LogP contribution in [0.5, 0.6) is 0 Å². The molecule has 0 aliphatic heterocycles. The van der Waals surface area contributed by atoms with Crippen molar-refractivity contribution in [3.63, 3.8) is 0 Å². The monoisotopic (exact) mass is 312 g/mol. The van der Waals surface area contributed by atoms with E-state index in [1.807, 2.05) is 0 Å². The molecule has 0 fully saturated rings. The Morgan fingerprint density at radius 3 is 2.33 bits per heavy atom. The normalized spacial score (nSPS) is 12.1. The van der Waals surface area contributed by atoms with Crippen LogP contribution in [-0.2, 0) is 6.54 Å². The molecule has 5 aromatic rings. The summed E-state index contributed by atoms with van der Waals surface area (Å²) in [7, 11) is 0. The van der Waals surface area contributed by atoms with E-state index >= 15 is 0 Å². The average Bonchev–Trinajstić information content (AvgIpc) is 3.16. The van der Waals surface area contributed by atoms with Crippen molar-refractivity contribution < 1.29 is 0 Å². The number of rotatable bonds is 1. The minimum atomic E-state index is 0.984. The van der Waals surface area contributed by atoms with Gasteiger partial charge in [-0.15, -0.1) is 0 Å². The molecule has 2 heteroatoms. The highest BCUT2D eigenvalue weighted by Crippen LogP contribution is 2.40. The van der Waals surface area contributed by atoms with Crippen molar-refractivity contribution >= 4 is 43.6 Å². The van der Waals surface area contributed by atoms with E-state index in [1.54, 1.807) is 0 Å². The third-order valence-corrected chi connectivity index (χ3v) is 5.47. The Bertz CT molecular complexity index is 1250. The molecule has 24 heavy (non-hydrogen) atoms. The quantitative estimate of drug-likeness (QED) is 0.388. The second-order valence-electron chi connectivity index (χ2n) is 6.66. The zero-order valence-electron chi connectivity index (χ0n) is 14.3. The van der Waals surface area contributed by atoms with Crippen molar-refractivity contribution in [3.8, 4) is 0 Å². The highest BCUT2D eigenvalue weighted by Gasteiger charge is 2.19.